The lowest BCUT2D eigenvalue weighted by Crippen LogP contribution is -2.43. The van der Waals surface area contributed by atoms with Gasteiger partial charge < -0.3 is 5.32 Å². The van der Waals surface area contributed by atoms with Crippen LogP contribution in [0.25, 0.3) is 0 Å². The third-order valence-electron chi connectivity index (χ3n) is 3.84. The Bertz CT molecular complexity index is 323. The predicted octanol–water partition coefficient (Wildman–Crippen LogP) is 2.82. The number of piperidine rings is 1. The van der Waals surface area contributed by atoms with Crippen LogP contribution in [0.1, 0.15) is 37.8 Å². The van der Waals surface area contributed by atoms with Crippen LogP contribution in [0.2, 0.25) is 0 Å². The molecule has 0 bridgehead atoms. The molecule has 0 spiro atoms. The van der Waals surface area contributed by atoms with Crippen molar-refractivity contribution < 1.29 is 0 Å². The molecule has 1 fully saturated rings. The summed E-state index contributed by atoms with van der Waals surface area (Å²) in [4.78, 5) is 2.66. The molecule has 1 aromatic rings. The highest BCUT2D eigenvalue weighted by atomic mass is 15.2. The first kappa shape index (κ1) is 12.6. The summed E-state index contributed by atoms with van der Waals surface area (Å²) >= 11 is 0. The molecule has 2 atom stereocenters. The van der Waals surface area contributed by atoms with E-state index in [1.807, 2.05) is 7.05 Å². The molecule has 1 saturated heterocycles. The van der Waals surface area contributed by atoms with Crippen LogP contribution >= 0.6 is 0 Å². The molecule has 0 aromatic heterocycles. The Hall–Kier alpha value is -0.860. The van der Waals surface area contributed by atoms with Crippen molar-refractivity contribution in [2.45, 2.75) is 38.3 Å². The third-order valence-corrected chi connectivity index (χ3v) is 3.84. The van der Waals surface area contributed by atoms with E-state index in [2.05, 4.69) is 47.5 Å². The average molecular weight is 232 g/mol. The second kappa shape index (κ2) is 6.18. The van der Waals surface area contributed by atoms with Gasteiger partial charge in [-0.05, 0) is 38.9 Å². The maximum atomic E-state index is 3.34. The van der Waals surface area contributed by atoms with Gasteiger partial charge in [0, 0.05) is 18.6 Å². The summed E-state index contributed by atoms with van der Waals surface area (Å²) in [5, 5.41) is 3.34. The fourth-order valence-corrected chi connectivity index (χ4v) is 2.88. The van der Waals surface area contributed by atoms with Gasteiger partial charge in [0.05, 0.1) is 0 Å². The number of hydrogen-bond acceptors (Lipinski definition) is 2. The molecule has 2 rings (SSSR count). The standard InChI is InChI=1S/C15H24N2/c1-13-8-6-7-11-17(13)15(12-16-2)14-9-4-3-5-10-14/h3-5,9-10,13,15-16H,6-8,11-12H2,1-2H3. The minimum atomic E-state index is 0.525. The number of likely N-dealkylation sites (N-methyl/N-ethyl adjacent to an activating group) is 1. The minimum Gasteiger partial charge on any atom is -0.318 e. The Morgan fingerprint density at radius 1 is 1.29 bits per heavy atom. The number of nitrogens with one attached hydrogen (secondary N) is 1. The van der Waals surface area contributed by atoms with E-state index >= 15 is 0 Å². The first-order chi connectivity index (χ1) is 8.33. The molecule has 0 amide bonds. The summed E-state index contributed by atoms with van der Waals surface area (Å²) < 4.78 is 0. The van der Waals surface area contributed by atoms with E-state index in [1.54, 1.807) is 0 Å². The van der Waals surface area contributed by atoms with Gasteiger partial charge in [-0.1, -0.05) is 36.8 Å². The molecule has 0 radical (unpaired) electrons. The van der Waals surface area contributed by atoms with Gasteiger partial charge in [-0.25, -0.2) is 0 Å². The van der Waals surface area contributed by atoms with Crippen LogP contribution in [-0.4, -0.2) is 31.1 Å². The second-order valence-electron chi connectivity index (χ2n) is 5.07. The van der Waals surface area contributed by atoms with Crippen molar-refractivity contribution in [1.82, 2.24) is 10.2 Å². The summed E-state index contributed by atoms with van der Waals surface area (Å²) in [5.41, 5.74) is 1.44. The van der Waals surface area contributed by atoms with Crippen molar-refractivity contribution in [3.63, 3.8) is 0 Å². The zero-order valence-electron chi connectivity index (χ0n) is 11.0. The first-order valence-electron chi connectivity index (χ1n) is 6.78. The quantitative estimate of drug-likeness (QED) is 0.858. The molecule has 2 unspecified atom stereocenters. The Morgan fingerprint density at radius 3 is 2.71 bits per heavy atom. The van der Waals surface area contributed by atoms with Crippen molar-refractivity contribution in [3.05, 3.63) is 35.9 Å². The first-order valence-corrected chi connectivity index (χ1v) is 6.78. The topological polar surface area (TPSA) is 15.3 Å². The summed E-state index contributed by atoms with van der Waals surface area (Å²) in [6, 6.07) is 12.1. The fourth-order valence-electron chi connectivity index (χ4n) is 2.88. The number of nitrogens with zero attached hydrogens (tertiary/aromatic N) is 1. The normalized spacial score (nSPS) is 23.5. The van der Waals surface area contributed by atoms with Crippen molar-refractivity contribution in [2.24, 2.45) is 0 Å². The Labute approximate surface area is 105 Å². The van der Waals surface area contributed by atoms with Gasteiger partial charge in [-0.3, -0.25) is 4.90 Å². The van der Waals surface area contributed by atoms with Crippen molar-refractivity contribution in [1.29, 1.82) is 0 Å². The van der Waals surface area contributed by atoms with Crippen LogP contribution in [0, 0.1) is 0 Å². The zero-order chi connectivity index (χ0) is 12.1. The van der Waals surface area contributed by atoms with E-state index in [-0.39, 0.29) is 0 Å². The number of benzene rings is 1. The van der Waals surface area contributed by atoms with E-state index in [9.17, 15) is 0 Å². The molecule has 1 aromatic carbocycles. The van der Waals surface area contributed by atoms with Crippen molar-refractivity contribution in [3.8, 4) is 0 Å². The highest BCUT2D eigenvalue weighted by Gasteiger charge is 2.26. The highest BCUT2D eigenvalue weighted by Crippen LogP contribution is 2.27. The summed E-state index contributed by atoms with van der Waals surface area (Å²) in [6.45, 7) is 4.64. The van der Waals surface area contributed by atoms with E-state index in [0.717, 1.165) is 6.54 Å². The predicted molar refractivity (Wildman–Crippen MR) is 73.1 cm³/mol. The number of rotatable bonds is 4. The van der Waals surface area contributed by atoms with Crippen LogP contribution in [0.15, 0.2) is 30.3 Å². The molecule has 94 valence electrons. The molecule has 2 heteroatoms. The van der Waals surface area contributed by atoms with Gasteiger partial charge in [0.1, 0.15) is 0 Å². The van der Waals surface area contributed by atoms with Crippen LogP contribution in [0.3, 0.4) is 0 Å². The van der Waals surface area contributed by atoms with Gasteiger partial charge in [-0.15, -0.1) is 0 Å². The molecule has 1 heterocycles. The van der Waals surface area contributed by atoms with Gasteiger partial charge in [0.2, 0.25) is 0 Å². The van der Waals surface area contributed by atoms with E-state index in [0.29, 0.717) is 12.1 Å². The van der Waals surface area contributed by atoms with Gasteiger partial charge in [0.25, 0.3) is 0 Å². The van der Waals surface area contributed by atoms with Crippen LogP contribution in [0.5, 0.6) is 0 Å². The molecule has 1 aliphatic heterocycles. The summed E-state index contributed by atoms with van der Waals surface area (Å²) in [7, 11) is 2.05. The monoisotopic (exact) mass is 232 g/mol. The average Bonchev–Trinajstić information content (AvgIpc) is 2.38. The zero-order valence-corrected chi connectivity index (χ0v) is 11.0. The second-order valence-corrected chi connectivity index (χ2v) is 5.07. The Kier molecular flexibility index (Phi) is 4.57. The Morgan fingerprint density at radius 2 is 2.06 bits per heavy atom. The lowest BCUT2D eigenvalue weighted by molar-refractivity contribution is 0.105. The lowest BCUT2D eigenvalue weighted by Gasteiger charge is -2.40. The largest absolute Gasteiger partial charge is 0.318 e. The number of likely N-dealkylation sites (tertiary alicyclic amines) is 1. The van der Waals surface area contributed by atoms with E-state index in [4.69, 9.17) is 0 Å². The fraction of sp³-hybridized carbons (Fsp3) is 0.600. The van der Waals surface area contributed by atoms with Gasteiger partial charge >= 0.3 is 0 Å². The van der Waals surface area contributed by atoms with Crippen molar-refractivity contribution in [2.75, 3.05) is 20.1 Å². The molecule has 2 nitrogen and oxygen atoms in total. The molecular formula is C15H24N2. The molecule has 1 aliphatic rings. The molecule has 0 aliphatic carbocycles. The Balaban J connectivity index is 2.16. The van der Waals surface area contributed by atoms with Gasteiger partial charge in [0.15, 0.2) is 0 Å². The molecule has 17 heavy (non-hydrogen) atoms. The maximum Gasteiger partial charge on any atom is 0.0475 e. The maximum absolute atomic E-state index is 3.34. The molecule has 0 saturated carbocycles. The molecular weight excluding hydrogens is 208 g/mol. The van der Waals surface area contributed by atoms with Crippen LogP contribution in [0.4, 0.5) is 0 Å². The van der Waals surface area contributed by atoms with Gasteiger partial charge in [-0.2, -0.15) is 0 Å². The number of hydrogen-bond donors (Lipinski definition) is 1. The van der Waals surface area contributed by atoms with E-state index in [1.165, 1.54) is 31.4 Å². The van der Waals surface area contributed by atoms with Crippen molar-refractivity contribution >= 4 is 0 Å². The SMILES string of the molecule is CNCC(c1ccccc1)N1CCCCC1C. The van der Waals surface area contributed by atoms with Crippen LogP contribution in [-0.2, 0) is 0 Å². The van der Waals surface area contributed by atoms with Crippen LogP contribution < -0.4 is 5.32 Å². The summed E-state index contributed by atoms with van der Waals surface area (Å²) in [5.74, 6) is 0. The third kappa shape index (κ3) is 3.08. The molecule has 1 N–H and O–H groups in total. The van der Waals surface area contributed by atoms with E-state index < -0.39 is 0 Å². The minimum absolute atomic E-state index is 0.525. The summed E-state index contributed by atoms with van der Waals surface area (Å²) in [6.07, 6.45) is 4.07. The highest BCUT2D eigenvalue weighted by molar-refractivity contribution is 5.19. The lowest BCUT2D eigenvalue weighted by atomic mass is 9.97. The smallest absolute Gasteiger partial charge is 0.0475 e.